The van der Waals surface area contributed by atoms with Crippen molar-refractivity contribution < 1.29 is 9.53 Å². The number of halogens is 2. The van der Waals surface area contributed by atoms with Crippen LogP contribution in [0.3, 0.4) is 0 Å². The maximum atomic E-state index is 12.7. The molecule has 0 spiro atoms. The van der Waals surface area contributed by atoms with Gasteiger partial charge in [-0.1, -0.05) is 67.4 Å². The lowest BCUT2D eigenvalue weighted by Gasteiger charge is -2.41. The van der Waals surface area contributed by atoms with Crippen LogP contribution < -0.4 is 4.74 Å². The van der Waals surface area contributed by atoms with Gasteiger partial charge in [0.15, 0.2) is 6.23 Å². The van der Waals surface area contributed by atoms with E-state index in [4.69, 9.17) is 27.9 Å². The molecule has 2 aromatic rings. The first-order valence-electron chi connectivity index (χ1n) is 9.12. The Kier molecular flexibility index (Phi) is 6.64. The average molecular weight is 407 g/mol. The van der Waals surface area contributed by atoms with Crippen molar-refractivity contribution in [3.05, 3.63) is 64.1 Å². The van der Waals surface area contributed by atoms with Crippen LogP contribution in [-0.2, 0) is 11.3 Å². The molecule has 1 unspecified atom stereocenters. The summed E-state index contributed by atoms with van der Waals surface area (Å²) in [6.07, 6.45) is -0.393. The van der Waals surface area contributed by atoms with Gasteiger partial charge in [-0.3, -0.25) is 9.69 Å². The Morgan fingerprint density at radius 2 is 1.89 bits per heavy atom. The Bertz CT molecular complexity index is 783. The van der Waals surface area contributed by atoms with Gasteiger partial charge in [-0.25, -0.2) is 0 Å². The number of piperazine rings is 1. The number of rotatable bonds is 5. The molecule has 0 aliphatic carbocycles. The van der Waals surface area contributed by atoms with Gasteiger partial charge in [0.05, 0.1) is 11.6 Å². The summed E-state index contributed by atoms with van der Waals surface area (Å²) in [6, 6.07) is 15.4. The fourth-order valence-corrected chi connectivity index (χ4v) is 3.64. The molecule has 0 aromatic heterocycles. The molecule has 0 bridgehead atoms. The number of carbonyl (C=O) groups is 1. The minimum Gasteiger partial charge on any atom is -0.468 e. The van der Waals surface area contributed by atoms with Crippen molar-refractivity contribution in [2.24, 2.45) is 5.92 Å². The number of hydrogen-bond acceptors (Lipinski definition) is 3. The third kappa shape index (κ3) is 5.16. The second-order valence-corrected chi connectivity index (χ2v) is 7.90. The molecule has 2 aromatic carbocycles. The molecule has 1 aliphatic rings. The van der Waals surface area contributed by atoms with Crippen LogP contribution in [0.4, 0.5) is 0 Å². The third-order valence-electron chi connectivity index (χ3n) is 4.60. The van der Waals surface area contributed by atoms with Gasteiger partial charge in [-0.05, 0) is 23.8 Å². The van der Waals surface area contributed by atoms with Gasteiger partial charge < -0.3 is 9.64 Å². The van der Waals surface area contributed by atoms with E-state index in [0.717, 1.165) is 13.1 Å². The van der Waals surface area contributed by atoms with Crippen molar-refractivity contribution in [2.45, 2.75) is 26.6 Å². The maximum Gasteiger partial charge on any atom is 0.228 e. The Morgan fingerprint density at radius 3 is 2.56 bits per heavy atom. The van der Waals surface area contributed by atoms with Crippen LogP contribution in [-0.4, -0.2) is 41.6 Å². The SMILES string of the molecule is CC(C)C(=O)N1CCN(Cc2ccccc2)CC1Oc1ccc(Cl)cc1Cl. The summed E-state index contributed by atoms with van der Waals surface area (Å²) in [4.78, 5) is 16.8. The molecule has 144 valence electrons. The zero-order valence-corrected chi connectivity index (χ0v) is 17.1. The number of benzene rings is 2. The summed E-state index contributed by atoms with van der Waals surface area (Å²) in [6.45, 7) is 6.68. The van der Waals surface area contributed by atoms with Crippen LogP contribution >= 0.6 is 23.2 Å². The molecule has 1 aliphatic heterocycles. The van der Waals surface area contributed by atoms with Gasteiger partial charge in [0, 0.05) is 30.6 Å². The molecule has 1 fully saturated rings. The summed E-state index contributed by atoms with van der Waals surface area (Å²) in [7, 11) is 0. The lowest BCUT2D eigenvalue weighted by molar-refractivity contribution is -0.148. The van der Waals surface area contributed by atoms with Crippen molar-refractivity contribution >= 4 is 29.1 Å². The minimum absolute atomic E-state index is 0.0857. The highest BCUT2D eigenvalue weighted by molar-refractivity contribution is 6.35. The Labute approximate surface area is 170 Å². The van der Waals surface area contributed by atoms with Gasteiger partial charge in [0.2, 0.25) is 5.91 Å². The molecular formula is C21H24Cl2N2O2. The molecule has 0 N–H and O–H groups in total. The molecule has 1 atom stereocenters. The summed E-state index contributed by atoms with van der Waals surface area (Å²) in [5.74, 6) is 0.538. The zero-order chi connectivity index (χ0) is 19.4. The first kappa shape index (κ1) is 20.0. The van der Waals surface area contributed by atoms with E-state index in [0.29, 0.717) is 28.9 Å². The van der Waals surface area contributed by atoms with Crippen LogP contribution in [0, 0.1) is 5.92 Å². The number of hydrogen-bond donors (Lipinski definition) is 0. The Hall–Kier alpha value is -1.75. The predicted octanol–water partition coefficient (Wildman–Crippen LogP) is 4.70. The summed E-state index contributed by atoms with van der Waals surface area (Å²) in [5.41, 5.74) is 1.24. The van der Waals surface area contributed by atoms with Crippen LogP contribution in [0.5, 0.6) is 5.75 Å². The van der Waals surface area contributed by atoms with Gasteiger partial charge in [0.1, 0.15) is 5.75 Å². The number of amides is 1. The molecule has 0 radical (unpaired) electrons. The lowest BCUT2D eigenvalue weighted by atomic mass is 10.1. The van der Waals surface area contributed by atoms with Crippen molar-refractivity contribution in [3.63, 3.8) is 0 Å². The fraction of sp³-hybridized carbons (Fsp3) is 0.381. The summed E-state index contributed by atoms with van der Waals surface area (Å²) in [5, 5.41) is 0.997. The second-order valence-electron chi connectivity index (χ2n) is 7.05. The highest BCUT2D eigenvalue weighted by Crippen LogP contribution is 2.30. The molecule has 1 saturated heterocycles. The molecule has 6 heteroatoms. The smallest absolute Gasteiger partial charge is 0.228 e. The maximum absolute atomic E-state index is 12.7. The van der Waals surface area contributed by atoms with Crippen LogP contribution in [0.25, 0.3) is 0 Å². The molecule has 0 saturated carbocycles. The summed E-state index contributed by atoms with van der Waals surface area (Å²) >= 11 is 12.3. The summed E-state index contributed by atoms with van der Waals surface area (Å²) < 4.78 is 6.17. The van der Waals surface area contributed by atoms with E-state index in [2.05, 4.69) is 17.0 Å². The van der Waals surface area contributed by atoms with E-state index in [1.165, 1.54) is 5.56 Å². The van der Waals surface area contributed by atoms with E-state index in [9.17, 15) is 4.79 Å². The van der Waals surface area contributed by atoms with E-state index < -0.39 is 6.23 Å². The highest BCUT2D eigenvalue weighted by Gasteiger charge is 2.33. The van der Waals surface area contributed by atoms with E-state index in [-0.39, 0.29) is 11.8 Å². The van der Waals surface area contributed by atoms with Crippen LogP contribution in [0.15, 0.2) is 48.5 Å². The molecule has 1 heterocycles. The van der Waals surface area contributed by atoms with Gasteiger partial charge in [-0.15, -0.1) is 0 Å². The predicted molar refractivity (Wildman–Crippen MR) is 109 cm³/mol. The highest BCUT2D eigenvalue weighted by atomic mass is 35.5. The quantitative estimate of drug-likeness (QED) is 0.721. The van der Waals surface area contributed by atoms with Crippen molar-refractivity contribution in [3.8, 4) is 5.75 Å². The number of carbonyl (C=O) groups excluding carboxylic acids is 1. The first-order valence-corrected chi connectivity index (χ1v) is 9.88. The van der Waals surface area contributed by atoms with Crippen molar-refractivity contribution in [1.29, 1.82) is 0 Å². The van der Waals surface area contributed by atoms with Gasteiger partial charge >= 0.3 is 0 Å². The average Bonchev–Trinajstić information content (AvgIpc) is 2.64. The van der Waals surface area contributed by atoms with Gasteiger partial charge in [-0.2, -0.15) is 0 Å². The second kappa shape index (κ2) is 8.96. The topological polar surface area (TPSA) is 32.8 Å². The fourth-order valence-electron chi connectivity index (χ4n) is 3.19. The lowest BCUT2D eigenvalue weighted by Crippen LogP contribution is -2.58. The molecule has 1 amide bonds. The van der Waals surface area contributed by atoms with Crippen molar-refractivity contribution in [2.75, 3.05) is 19.6 Å². The Balaban J connectivity index is 1.77. The monoisotopic (exact) mass is 406 g/mol. The largest absolute Gasteiger partial charge is 0.468 e. The van der Waals surface area contributed by atoms with E-state index >= 15 is 0 Å². The minimum atomic E-state index is -0.393. The standard InChI is InChI=1S/C21H24Cl2N2O2/c1-15(2)21(26)25-11-10-24(13-16-6-4-3-5-7-16)14-20(25)27-19-9-8-17(22)12-18(19)23/h3-9,12,15,20H,10-11,13-14H2,1-2H3. The molecule has 27 heavy (non-hydrogen) atoms. The van der Waals surface area contributed by atoms with E-state index in [1.807, 2.05) is 36.9 Å². The van der Waals surface area contributed by atoms with Gasteiger partial charge in [0.25, 0.3) is 0 Å². The molecule has 3 rings (SSSR count). The molecular weight excluding hydrogens is 383 g/mol. The number of ether oxygens (including phenoxy) is 1. The Morgan fingerprint density at radius 1 is 1.15 bits per heavy atom. The first-order chi connectivity index (χ1) is 12.9. The molecule has 4 nitrogen and oxygen atoms in total. The van der Waals surface area contributed by atoms with Crippen molar-refractivity contribution in [1.82, 2.24) is 9.80 Å². The third-order valence-corrected chi connectivity index (χ3v) is 5.13. The number of nitrogens with zero attached hydrogens (tertiary/aromatic N) is 2. The van der Waals surface area contributed by atoms with E-state index in [1.54, 1.807) is 18.2 Å². The van der Waals surface area contributed by atoms with Crippen LogP contribution in [0.1, 0.15) is 19.4 Å². The normalized spacial score (nSPS) is 18.0. The zero-order valence-electron chi connectivity index (χ0n) is 15.6. The van der Waals surface area contributed by atoms with Crippen LogP contribution in [0.2, 0.25) is 10.0 Å².